The fraction of sp³-hybridized carbons (Fsp3) is 0.0714. The molecule has 0 fully saturated rings. The summed E-state index contributed by atoms with van der Waals surface area (Å²) in [6, 6.07) is 15.9. The second kappa shape index (κ2) is 3.94. The maximum absolute atomic E-state index is 5.21. The third-order valence-corrected chi connectivity index (χ3v) is 2.73. The minimum absolute atomic E-state index is 0.835. The number of hydrogen-bond acceptors (Lipinski definition) is 2. The van der Waals surface area contributed by atoms with Crippen LogP contribution >= 0.6 is 0 Å². The van der Waals surface area contributed by atoms with Gasteiger partial charge in [0.1, 0.15) is 5.75 Å². The van der Waals surface area contributed by atoms with Crippen LogP contribution in [0.15, 0.2) is 54.7 Å². The molecular formula is C14H12N2O. The van der Waals surface area contributed by atoms with Crippen molar-refractivity contribution < 1.29 is 4.74 Å². The Morgan fingerprint density at radius 2 is 1.94 bits per heavy atom. The summed E-state index contributed by atoms with van der Waals surface area (Å²) in [4.78, 5) is 0. The molecule has 17 heavy (non-hydrogen) atoms. The molecule has 0 amide bonds. The zero-order valence-corrected chi connectivity index (χ0v) is 9.50. The van der Waals surface area contributed by atoms with Crippen LogP contribution < -0.4 is 4.74 Å². The highest BCUT2D eigenvalue weighted by Crippen LogP contribution is 2.18. The van der Waals surface area contributed by atoms with Crippen molar-refractivity contribution in [2.45, 2.75) is 0 Å². The predicted octanol–water partition coefficient (Wildman–Crippen LogP) is 3.03. The van der Waals surface area contributed by atoms with Gasteiger partial charge in [0, 0.05) is 17.6 Å². The summed E-state index contributed by atoms with van der Waals surface area (Å²) in [6.07, 6.45) is 2.02. The molecule has 2 aromatic carbocycles. The number of methoxy groups -OCH3 is 1. The van der Waals surface area contributed by atoms with Crippen LogP contribution in [-0.4, -0.2) is 16.9 Å². The summed E-state index contributed by atoms with van der Waals surface area (Å²) in [5, 5.41) is 5.65. The molecule has 0 radical (unpaired) electrons. The lowest BCUT2D eigenvalue weighted by Crippen LogP contribution is -1.94. The molecule has 3 aromatic rings. The van der Waals surface area contributed by atoms with E-state index in [1.807, 2.05) is 53.3 Å². The van der Waals surface area contributed by atoms with Crippen LogP contribution in [0, 0.1) is 0 Å². The van der Waals surface area contributed by atoms with E-state index in [0.717, 1.165) is 22.3 Å². The first kappa shape index (κ1) is 9.90. The Balaban J connectivity index is 2.13. The lowest BCUT2D eigenvalue weighted by atomic mass is 10.3. The number of rotatable bonds is 2. The Labute approximate surface area is 99.3 Å². The van der Waals surface area contributed by atoms with E-state index < -0.39 is 0 Å². The summed E-state index contributed by atoms with van der Waals surface area (Å²) in [5.74, 6) is 0.835. The van der Waals surface area contributed by atoms with E-state index in [2.05, 4.69) is 11.2 Å². The minimum atomic E-state index is 0.835. The standard InChI is InChI=1S/C14H12N2O/c1-17-13-7-4-6-12(9-13)16-10-11-5-2-3-8-14(11)15-16/h2-10H,1H3. The highest BCUT2D eigenvalue weighted by atomic mass is 16.5. The molecule has 3 nitrogen and oxygen atoms in total. The number of aromatic nitrogens is 2. The zero-order valence-electron chi connectivity index (χ0n) is 9.50. The molecule has 0 N–H and O–H groups in total. The van der Waals surface area contributed by atoms with Crippen molar-refractivity contribution in [2.75, 3.05) is 7.11 Å². The Kier molecular flexibility index (Phi) is 2.29. The number of fused-ring (bicyclic) bond motifs is 1. The van der Waals surface area contributed by atoms with Gasteiger partial charge >= 0.3 is 0 Å². The van der Waals surface area contributed by atoms with Gasteiger partial charge in [0.25, 0.3) is 0 Å². The quantitative estimate of drug-likeness (QED) is 0.669. The van der Waals surface area contributed by atoms with Gasteiger partial charge in [-0.1, -0.05) is 24.3 Å². The molecule has 0 bridgehead atoms. The van der Waals surface area contributed by atoms with Crippen molar-refractivity contribution in [3.05, 3.63) is 54.7 Å². The topological polar surface area (TPSA) is 27.1 Å². The average molecular weight is 224 g/mol. The average Bonchev–Trinajstić information content (AvgIpc) is 2.82. The third-order valence-electron chi connectivity index (χ3n) is 2.73. The number of nitrogens with zero attached hydrogens (tertiary/aromatic N) is 2. The lowest BCUT2D eigenvalue weighted by molar-refractivity contribution is 0.414. The Morgan fingerprint density at radius 3 is 2.76 bits per heavy atom. The van der Waals surface area contributed by atoms with Crippen LogP contribution in [-0.2, 0) is 0 Å². The molecule has 1 aromatic heterocycles. The second-order valence-corrected chi connectivity index (χ2v) is 3.83. The first-order valence-corrected chi connectivity index (χ1v) is 5.46. The maximum Gasteiger partial charge on any atom is 0.121 e. The van der Waals surface area contributed by atoms with Crippen molar-refractivity contribution in [1.82, 2.24) is 9.78 Å². The highest BCUT2D eigenvalue weighted by Gasteiger charge is 2.02. The molecule has 0 unspecified atom stereocenters. The fourth-order valence-electron chi connectivity index (χ4n) is 1.85. The smallest absolute Gasteiger partial charge is 0.121 e. The molecule has 0 saturated heterocycles. The van der Waals surface area contributed by atoms with Gasteiger partial charge in [0.15, 0.2) is 0 Å². The van der Waals surface area contributed by atoms with Crippen LogP contribution in [0.5, 0.6) is 5.75 Å². The van der Waals surface area contributed by atoms with Crippen LogP contribution in [0.4, 0.5) is 0 Å². The normalized spacial score (nSPS) is 10.6. The summed E-state index contributed by atoms with van der Waals surface area (Å²) >= 11 is 0. The molecule has 0 aliphatic rings. The van der Waals surface area contributed by atoms with Gasteiger partial charge in [-0.05, 0) is 18.2 Å². The van der Waals surface area contributed by atoms with Crippen molar-refractivity contribution in [1.29, 1.82) is 0 Å². The van der Waals surface area contributed by atoms with E-state index in [4.69, 9.17) is 4.74 Å². The van der Waals surface area contributed by atoms with E-state index in [0.29, 0.717) is 0 Å². The van der Waals surface area contributed by atoms with Gasteiger partial charge in [-0.2, -0.15) is 5.10 Å². The number of benzene rings is 2. The van der Waals surface area contributed by atoms with E-state index in [9.17, 15) is 0 Å². The van der Waals surface area contributed by atoms with Crippen LogP contribution in [0.25, 0.3) is 16.6 Å². The number of hydrogen-bond donors (Lipinski definition) is 0. The Hall–Kier alpha value is -2.29. The zero-order chi connectivity index (χ0) is 11.7. The summed E-state index contributed by atoms with van der Waals surface area (Å²) in [6.45, 7) is 0. The lowest BCUT2D eigenvalue weighted by Gasteiger charge is -2.03. The summed E-state index contributed by atoms with van der Waals surface area (Å²) < 4.78 is 7.08. The number of ether oxygens (including phenoxy) is 1. The molecule has 0 spiro atoms. The largest absolute Gasteiger partial charge is 0.497 e. The molecule has 84 valence electrons. The van der Waals surface area contributed by atoms with Crippen molar-refractivity contribution in [3.63, 3.8) is 0 Å². The molecule has 0 aliphatic carbocycles. The Bertz CT molecular complexity index is 625. The monoisotopic (exact) mass is 224 g/mol. The molecule has 3 rings (SSSR count). The predicted molar refractivity (Wildman–Crippen MR) is 67.6 cm³/mol. The van der Waals surface area contributed by atoms with Crippen molar-refractivity contribution >= 4 is 10.9 Å². The van der Waals surface area contributed by atoms with Gasteiger partial charge in [-0.3, -0.25) is 0 Å². The van der Waals surface area contributed by atoms with Crippen LogP contribution in [0.1, 0.15) is 0 Å². The molecule has 1 heterocycles. The minimum Gasteiger partial charge on any atom is -0.497 e. The van der Waals surface area contributed by atoms with E-state index in [1.54, 1.807) is 7.11 Å². The van der Waals surface area contributed by atoms with Gasteiger partial charge in [-0.25, -0.2) is 4.68 Å². The third kappa shape index (κ3) is 1.76. The van der Waals surface area contributed by atoms with E-state index >= 15 is 0 Å². The molecule has 0 atom stereocenters. The SMILES string of the molecule is COc1cccc(-n2cc3ccccc3n2)c1. The first-order chi connectivity index (χ1) is 8.36. The van der Waals surface area contributed by atoms with E-state index in [1.165, 1.54) is 0 Å². The molecular weight excluding hydrogens is 212 g/mol. The highest BCUT2D eigenvalue weighted by molar-refractivity contribution is 5.78. The first-order valence-electron chi connectivity index (χ1n) is 5.46. The van der Waals surface area contributed by atoms with E-state index in [-0.39, 0.29) is 0 Å². The van der Waals surface area contributed by atoms with Crippen molar-refractivity contribution in [3.8, 4) is 11.4 Å². The van der Waals surface area contributed by atoms with Gasteiger partial charge in [-0.15, -0.1) is 0 Å². The van der Waals surface area contributed by atoms with Gasteiger partial charge < -0.3 is 4.74 Å². The van der Waals surface area contributed by atoms with Gasteiger partial charge in [0.2, 0.25) is 0 Å². The fourth-order valence-corrected chi connectivity index (χ4v) is 1.85. The molecule has 0 aliphatic heterocycles. The summed E-state index contributed by atoms with van der Waals surface area (Å²) in [7, 11) is 1.67. The molecule has 0 saturated carbocycles. The Morgan fingerprint density at radius 1 is 1.06 bits per heavy atom. The van der Waals surface area contributed by atoms with Crippen LogP contribution in [0.3, 0.4) is 0 Å². The molecule has 3 heteroatoms. The van der Waals surface area contributed by atoms with Crippen molar-refractivity contribution in [2.24, 2.45) is 0 Å². The summed E-state index contributed by atoms with van der Waals surface area (Å²) in [5.41, 5.74) is 2.00. The maximum atomic E-state index is 5.21. The van der Waals surface area contributed by atoms with Gasteiger partial charge in [0.05, 0.1) is 18.3 Å². The second-order valence-electron chi connectivity index (χ2n) is 3.83. The van der Waals surface area contributed by atoms with Crippen LogP contribution in [0.2, 0.25) is 0 Å².